The summed E-state index contributed by atoms with van der Waals surface area (Å²) in [5.74, 6) is -0.883. The third-order valence-corrected chi connectivity index (χ3v) is 8.12. The van der Waals surface area contributed by atoms with Crippen molar-refractivity contribution in [2.24, 2.45) is 0 Å². The van der Waals surface area contributed by atoms with Crippen LogP contribution in [-0.2, 0) is 19.6 Å². The topological polar surface area (TPSA) is 118 Å². The molecule has 1 aliphatic rings. The number of halogens is 1. The summed E-state index contributed by atoms with van der Waals surface area (Å²) >= 11 is 0.920. The van der Waals surface area contributed by atoms with Gasteiger partial charge in [-0.05, 0) is 49.4 Å². The molecule has 1 fully saturated rings. The monoisotopic (exact) mass is 530 g/mol. The Hall–Kier alpha value is -3.84. The summed E-state index contributed by atoms with van der Waals surface area (Å²) in [5.41, 5.74) is 1.14. The smallest absolute Gasteiger partial charge is 0.263 e. The average Bonchev–Trinajstić information content (AvgIpc) is 3.53. The van der Waals surface area contributed by atoms with Crippen LogP contribution in [0.4, 0.5) is 15.2 Å². The van der Waals surface area contributed by atoms with Crippen LogP contribution in [0.1, 0.15) is 14.4 Å². The maximum atomic E-state index is 14.0. The van der Waals surface area contributed by atoms with Gasteiger partial charge in [0.2, 0.25) is 16.9 Å². The number of sulfonamides is 1. The van der Waals surface area contributed by atoms with Crippen LogP contribution in [0.15, 0.2) is 66.0 Å². The van der Waals surface area contributed by atoms with E-state index in [0.717, 1.165) is 11.5 Å². The number of amides is 2. The van der Waals surface area contributed by atoms with Gasteiger partial charge in [0, 0.05) is 43.3 Å². The Morgan fingerprint density at radius 3 is 2.64 bits per heavy atom. The maximum Gasteiger partial charge on any atom is 0.263 e. The molecule has 2 aromatic carbocycles. The van der Waals surface area contributed by atoms with Crippen LogP contribution >= 0.6 is 11.5 Å². The third-order valence-electron chi connectivity index (χ3n) is 6.06. The van der Waals surface area contributed by atoms with Crippen molar-refractivity contribution in [3.8, 4) is 0 Å². The predicted molar refractivity (Wildman–Crippen MR) is 135 cm³/mol. The maximum absolute atomic E-state index is 14.0. The van der Waals surface area contributed by atoms with Gasteiger partial charge in [0.1, 0.15) is 24.7 Å². The predicted octanol–water partition coefficient (Wildman–Crippen LogP) is 3.12. The zero-order valence-corrected chi connectivity index (χ0v) is 20.7. The van der Waals surface area contributed by atoms with Gasteiger partial charge in [0.25, 0.3) is 10.0 Å². The number of carbonyl (C=O) groups is 2. The number of fused-ring (bicyclic) bond motifs is 1. The number of piperazine rings is 1. The molecule has 0 saturated carbocycles. The highest BCUT2D eigenvalue weighted by Crippen LogP contribution is 2.26. The molecule has 1 atom stereocenters. The molecule has 188 valence electrons. The number of nitrogens with zero attached hydrogens (tertiary/aromatic N) is 5. The van der Waals surface area contributed by atoms with Gasteiger partial charge >= 0.3 is 0 Å². The van der Waals surface area contributed by atoms with Gasteiger partial charge in [-0.25, -0.2) is 17.8 Å². The minimum Gasteiger partial charge on any atom is -0.335 e. The van der Waals surface area contributed by atoms with Crippen LogP contribution in [-0.4, -0.2) is 58.7 Å². The first-order valence-corrected chi connectivity index (χ1v) is 13.2. The first-order chi connectivity index (χ1) is 17.2. The van der Waals surface area contributed by atoms with Crippen LogP contribution < -0.4 is 9.62 Å². The molecule has 13 heteroatoms. The molecule has 2 amide bonds. The highest BCUT2D eigenvalue weighted by Gasteiger charge is 2.31. The largest absolute Gasteiger partial charge is 0.335 e. The van der Waals surface area contributed by atoms with Crippen molar-refractivity contribution in [3.63, 3.8) is 0 Å². The normalized spacial score (nSPS) is 15.3. The number of nitrogens with one attached hydrogen (secondary N) is 1. The lowest BCUT2D eigenvalue weighted by atomic mass is 10.2. The van der Waals surface area contributed by atoms with Crippen LogP contribution in [0.3, 0.4) is 0 Å². The summed E-state index contributed by atoms with van der Waals surface area (Å²) in [4.78, 5) is 32.9. The molecular formula is C23H23FN6O4S2. The molecule has 10 nitrogen and oxygen atoms in total. The Kier molecular flexibility index (Phi) is 6.18. The van der Waals surface area contributed by atoms with E-state index in [9.17, 15) is 22.4 Å². The standard InChI is InChI=1S/C23H21FN6O4S2.H2/c1-15(29-10-9-18-19(24)3-2-4-20(18)29)22(32)28-11-12-30(21(31)13-28)16-5-7-17(8-6-16)36(33,34)27-23-25-14-26-35-23;/h2-10,14-15H,11-13H2,1H3,(H,25,26,27);1H/t15-;/m0./s1. The molecule has 0 aliphatic carbocycles. The fourth-order valence-corrected chi connectivity index (χ4v) is 5.86. The van der Waals surface area contributed by atoms with Gasteiger partial charge in [0.15, 0.2) is 0 Å². The van der Waals surface area contributed by atoms with Gasteiger partial charge < -0.3 is 14.4 Å². The summed E-state index contributed by atoms with van der Waals surface area (Å²) in [6.07, 6.45) is 2.92. The van der Waals surface area contributed by atoms with E-state index in [1.165, 1.54) is 34.3 Å². The van der Waals surface area contributed by atoms with E-state index in [4.69, 9.17) is 0 Å². The SMILES string of the molecule is C[C@@H](C(=O)N1CCN(c2ccc(S(=O)(=O)Nc3ncns3)cc2)C(=O)C1)n1ccc2c(F)cccc21.[HH]. The summed E-state index contributed by atoms with van der Waals surface area (Å²) in [6, 6.07) is 11.6. The van der Waals surface area contributed by atoms with Crippen LogP contribution in [0.5, 0.6) is 0 Å². The number of aromatic nitrogens is 3. The number of carbonyl (C=O) groups excluding carboxylic acids is 2. The molecule has 5 rings (SSSR count). The van der Waals surface area contributed by atoms with Crippen molar-refractivity contribution in [2.45, 2.75) is 17.9 Å². The molecule has 3 heterocycles. The molecule has 1 N–H and O–H groups in total. The Morgan fingerprint density at radius 1 is 1.17 bits per heavy atom. The van der Waals surface area contributed by atoms with Crippen LogP contribution in [0, 0.1) is 5.82 Å². The number of rotatable bonds is 6. The van der Waals surface area contributed by atoms with E-state index in [1.807, 2.05) is 0 Å². The summed E-state index contributed by atoms with van der Waals surface area (Å²) in [5, 5.41) is 0.587. The lowest BCUT2D eigenvalue weighted by Crippen LogP contribution is -2.53. The molecule has 2 aromatic heterocycles. The first-order valence-electron chi connectivity index (χ1n) is 11.0. The van der Waals surface area contributed by atoms with E-state index in [2.05, 4.69) is 14.1 Å². The Bertz CT molecular complexity index is 1540. The van der Waals surface area contributed by atoms with Gasteiger partial charge in [-0.15, -0.1) is 0 Å². The van der Waals surface area contributed by atoms with E-state index < -0.39 is 16.1 Å². The Balaban J connectivity index is 0.00000320. The number of anilines is 2. The quantitative estimate of drug-likeness (QED) is 0.409. The zero-order valence-electron chi connectivity index (χ0n) is 19.0. The molecule has 1 saturated heterocycles. The lowest BCUT2D eigenvalue weighted by molar-refractivity contribution is -0.139. The second-order valence-electron chi connectivity index (χ2n) is 8.22. The summed E-state index contributed by atoms with van der Waals surface area (Å²) in [6.45, 7) is 2.17. The van der Waals surface area contributed by atoms with Crippen molar-refractivity contribution in [1.29, 1.82) is 0 Å². The molecule has 1 aliphatic heterocycles. The van der Waals surface area contributed by atoms with Gasteiger partial charge in [-0.3, -0.25) is 14.3 Å². The van der Waals surface area contributed by atoms with Crippen molar-refractivity contribution < 1.29 is 23.8 Å². The summed E-state index contributed by atoms with van der Waals surface area (Å²) in [7, 11) is -3.84. The second-order valence-corrected chi connectivity index (χ2v) is 10.7. The van der Waals surface area contributed by atoms with Crippen LogP contribution in [0.2, 0.25) is 0 Å². The molecule has 0 spiro atoms. The van der Waals surface area contributed by atoms with Gasteiger partial charge in [0.05, 0.1) is 10.4 Å². The molecule has 0 bridgehead atoms. The van der Waals surface area contributed by atoms with E-state index in [1.54, 1.807) is 48.0 Å². The van der Waals surface area contributed by atoms with Crippen molar-refractivity contribution in [3.05, 3.63) is 66.9 Å². The van der Waals surface area contributed by atoms with E-state index in [0.29, 0.717) is 23.1 Å². The second kappa shape index (κ2) is 9.32. The summed E-state index contributed by atoms with van der Waals surface area (Å²) < 4.78 is 46.9. The van der Waals surface area contributed by atoms with Gasteiger partial charge in [-0.2, -0.15) is 4.37 Å². The van der Waals surface area contributed by atoms with Gasteiger partial charge in [-0.1, -0.05) is 6.07 Å². The Morgan fingerprint density at radius 2 is 1.94 bits per heavy atom. The molecule has 36 heavy (non-hydrogen) atoms. The first kappa shape index (κ1) is 23.9. The van der Waals surface area contributed by atoms with E-state index >= 15 is 0 Å². The van der Waals surface area contributed by atoms with Crippen molar-refractivity contribution in [2.75, 3.05) is 29.3 Å². The van der Waals surface area contributed by atoms with E-state index in [-0.39, 0.29) is 42.2 Å². The van der Waals surface area contributed by atoms with Crippen molar-refractivity contribution >= 4 is 55.1 Å². The molecule has 4 aromatic rings. The third kappa shape index (κ3) is 4.42. The minimum absolute atomic E-state index is 0. The molecular weight excluding hydrogens is 507 g/mol. The number of hydrogen-bond acceptors (Lipinski definition) is 7. The molecule has 0 radical (unpaired) electrons. The zero-order chi connectivity index (χ0) is 25.4. The fraction of sp³-hybridized carbons (Fsp3) is 0.217. The molecule has 0 unspecified atom stereocenters. The minimum atomic E-state index is -3.84. The number of hydrogen-bond donors (Lipinski definition) is 1. The highest BCUT2D eigenvalue weighted by atomic mass is 32.2. The Labute approximate surface area is 211 Å². The van der Waals surface area contributed by atoms with Crippen molar-refractivity contribution in [1.82, 2.24) is 18.8 Å². The number of benzene rings is 2. The highest BCUT2D eigenvalue weighted by molar-refractivity contribution is 7.93. The fourth-order valence-electron chi connectivity index (χ4n) is 4.20. The van der Waals surface area contributed by atoms with Crippen LogP contribution in [0.25, 0.3) is 10.9 Å². The lowest BCUT2D eigenvalue weighted by Gasteiger charge is -2.35. The average molecular weight is 531 g/mol.